The number of hydrogen-bond donors (Lipinski definition) is 2. The van der Waals surface area contributed by atoms with Gasteiger partial charge in [0.25, 0.3) is 0 Å². The summed E-state index contributed by atoms with van der Waals surface area (Å²) in [7, 11) is 1.60. The average molecular weight is 405 g/mol. The summed E-state index contributed by atoms with van der Waals surface area (Å²) in [6.07, 6.45) is 1.08. The zero-order chi connectivity index (χ0) is 21.4. The minimum Gasteiger partial charge on any atom is -0.497 e. The normalized spacial score (nSPS) is 14.8. The van der Waals surface area contributed by atoms with Crippen molar-refractivity contribution in [3.63, 3.8) is 0 Å². The molecule has 3 amide bonds. The number of carbonyl (C=O) groups excluding carboxylic acids is 3. The predicted molar refractivity (Wildman–Crippen MR) is 109 cm³/mol. The highest BCUT2D eigenvalue weighted by atomic mass is 16.6. The number of likely N-dealkylation sites (tertiary alicyclic amines) is 1. The first-order valence-corrected chi connectivity index (χ1v) is 9.83. The highest BCUT2D eigenvalue weighted by Crippen LogP contribution is 2.13. The lowest BCUT2D eigenvalue weighted by Crippen LogP contribution is -2.49. The first kappa shape index (κ1) is 22.5. The Bertz CT molecular complexity index is 704. The fourth-order valence-corrected chi connectivity index (χ4v) is 3.05. The molecule has 0 atom stereocenters. The van der Waals surface area contributed by atoms with Gasteiger partial charge in [0.15, 0.2) is 0 Å². The summed E-state index contributed by atoms with van der Waals surface area (Å²) in [5, 5.41) is 5.52. The van der Waals surface area contributed by atoms with Crippen LogP contribution in [0.1, 0.15) is 39.2 Å². The second-order valence-corrected chi connectivity index (χ2v) is 8.10. The number of amides is 3. The van der Waals surface area contributed by atoms with Gasteiger partial charge < -0.3 is 25.0 Å². The van der Waals surface area contributed by atoms with Crippen LogP contribution in [0.15, 0.2) is 24.3 Å². The van der Waals surface area contributed by atoms with E-state index in [1.54, 1.807) is 32.8 Å². The predicted octanol–water partition coefficient (Wildman–Crippen LogP) is 1.87. The Labute approximate surface area is 171 Å². The number of carbonyl (C=O) groups is 3. The molecular weight excluding hydrogens is 374 g/mol. The zero-order valence-electron chi connectivity index (χ0n) is 17.6. The van der Waals surface area contributed by atoms with Crippen molar-refractivity contribution < 1.29 is 23.9 Å². The molecule has 1 saturated heterocycles. The Balaban J connectivity index is 1.69. The van der Waals surface area contributed by atoms with Crippen molar-refractivity contribution in [2.24, 2.45) is 0 Å². The molecule has 0 unspecified atom stereocenters. The number of nitrogens with one attached hydrogen (secondary N) is 2. The maximum absolute atomic E-state index is 12.3. The molecule has 8 nitrogen and oxygen atoms in total. The van der Waals surface area contributed by atoms with Gasteiger partial charge in [-0.15, -0.1) is 0 Å². The van der Waals surface area contributed by atoms with Crippen molar-refractivity contribution in [1.29, 1.82) is 0 Å². The Morgan fingerprint density at radius 1 is 1.10 bits per heavy atom. The monoisotopic (exact) mass is 405 g/mol. The molecule has 29 heavy (non-hydrogen) atoms. The van der Waals surface area contributed by atoms with Gasteiger partial charge in [-0.05, 0) is 51.3 Å². The topological polar surface area (TPSA) is 97.0 Å². The minimum atomic E-state index is -0.605. The zero-order valence-corrected chi connectivity index (χ0v) is 17.6. The van der Waals surface area contributed by atoms with Crippen molar-refractivity contribution in [3.8, 4) is 5.75 Å². The van der Waals surface area contributed by atoms with Crippen molar-refractivity contribution in [2.75, 3.05) is 26.7 Å². The van der Waals surface area contributed by atoms with Gasteiger partial charge >= 0.3 is 6.09 Å². The maximum Gasteiger partial charge on any atom is 0.408 e. The molecule has 2 rings (SSSR count). The highest BCUT2D eigenvalue weighted by molar-refractivity contribution is 5.82. The van der Waals surface area contributed by atoms with E-state index >= 15 is 0 Å². The van der Waals surface area contributed by atoms with Gasteiger partial charge in [0.05, 0.1) is 13.5 Å². The molecule has 160 valence electrons. The van der Waals surface area contributed by atoms with E-state index in [9.17, 15) is 14.4 Å². The van der Waals surface area contributed by atoms with E-state index in [1.807, 2.05) is 24.3 Å². The largest absolute Gasteiger partial charge is 0.497 e. The Kier molecular flexibility index (Phi) is 7.87. The molecular formula is C21H31N3O5. The molecule has 0 bridgehead atoms. The van der Waals surface area contributed by atoms with Crippen LogP contribution in [0.3, 0.4) is 0 Å². The van der Waals surface area contributed by atoms with Gasteiger partial charge in [-0.2, -0.15) is 0 Å². The Morgan fingerprint density at radius 3 is 2.28 bits per heavy atom. The first-order chi connectivity index (χ1) is 13.7. The van der Waals surface area contributed by atoms with E-state index in [0.29, 0.717) is 32.4 Å². The molecule has 1 aliphatic heterocycles. The summed E-state index contributed by atoms with van der Waals surface area (Å²) >= 11 is 0. The summed E-state index contributed by atoms with van der Waals surface area (Å²) in [4.78, 5) is 37.9. The van der Waals surface area contributed by atoms with Gasteiger partial charge in [0.2, 0.25) is 11.8 Å². The van der Waals surface area contributed by atoms with Crippen molar-refractivity contribution in [3.05, 3.63) is 29.8 Å². The van der Waals surface area contributed by atoms with Gasteiger partial charge in [0.1, 0.15) is 17.9 Å². The molecule has 0 radical (unpaired) electrons. The number of hydrogen-bond acceptors (Lipinski definition) is 5. The summed E-state index contributed by atoms with van der Waals surface area (Å²) in [6, 6.07) is 7.45. The molecule has 1 fully saturated rings. The third kappa shape index (κ3) is 8.01. The second kappa shape index (κ2) is 10.1. The van der Waals surface area contributed by atoms with E-state index in [4.69, 9.17) is 9.47 Å². The lowest BCUT2D eigenvalue weighted by atomic mass is 10.0. The highest BCUT2D eigenvalue weighted by Gasteiger charge is 2.24. The van der Waals surface area contributed by atoms with E-state index in [-0.39, 0.29) is 24.4 Å². The number of rotatable bonds is 6. The van der Waals surface area contributed by atoms with Gasteiger partial charge in [-0.25, -0.2) is 4.79 Å². The summed E-state index contributed by atoms with van der Waals surface area (Å²) in [6.45, 7) is 6.29. The number of piperidine rings is 1. The van der Waals surface area contributed by atoms with Gasteiger partial charge in [-0.3, -0.25) is 9.59 Å². The minimum absolute atomic E-state index is 0.0356. The lowest BCUT2D eigenvalue weighted by Gasteiger charge is -2.32. The van der Waals surface area contributed by atoms with Crippen LogP contribution in [0.2, 0.25) is 0 Å². The number of nitrogens with zero attached hydrogens (tertiary/aromatic N) is 1. The van der Waals surface area contributed by atoms with Gasteiger partial charge in [-0.1, -0.05) is 12.1 Å². The van der Waals surface area contributed by atoms with Crippen LogP contribution in [-0.2, 0) is 20.7 Å². The molecule has 1 aromatic rings. The van der Waals surface area contributed by atoms with E-state index in [2.05, 4.69) is 10.6 Å². The van der Waals surface area contributed by atoms with Gasteiger partial charge in [0, 0.05) is 19.1 Å². The van der Waals surface area contributed by atoms with Crippen molar-refractivity contribution in [2.45, 2.75) is 51.7 Å². The number of ether oxygens (including phenoxy) is 2. The van der Waals surface area contributed by atoms with Crippen LogP contribution in [0.4, 0.5) is 4.79 Å². The molecule has 0 aliphatic carbocycles. The summed E-state index contributed by atoms with van der Waals surface area (Å²) in [5.41, 5.74) is 0.319. The van der Waals surface area contributed by atoms with Crippen LogP contribution < -0.4 is 15.4 Å². The molecule has 8 heteroatoms. The lowest BCUT2D eigenvalue weighted by molar-refractivity contribution is -0.131. The molecule has 0 saturated carbocycles. The third-order valence-corrected chi connectivity index (χ3v) is 4.52. The number of benzene rings is 1. The Morgan fingerprint density at radius 2 is 1.72 bits per heavy atom. The fraction of sp³-hybridized carbons (Fsp3) is 0.571. The number of alkyl carbamates (subject to hydrolysis) is 1. The van der Waals surface area contributed by atoms with Crippen LogP contribution in [0.25, 0.3) is 0 Å². The molecule has 0 spiro atoms. The molecule has 1 heterocycles. The quantitative estimate of drug-likeness (QED) is 0.753. The Hall–Kier alpha value is -2.77. The van der Waals surface area contributed by atoms with E-state index in [0.717, 1.165) is 11.3 Å². The van der Waals surface area contributed by atoms with Crippen LogP contribution in [0, 0.1) is 0 Å². The van der Waals surface area contributed by atoms with Crippen LogP contribution in [-0.4, -0.2) is 61.2 Å². The van der Waals surface area contributed by atoms with Crippen molar-refractivity contribution >= 4 is 17.9 Å². The standard InChI is InChI=1S/C21H31N3O5/c1-21(2,3)29-20(27)22-14-19(26)24-11-9-16(10-12-24)23-18(25)13-15-5-7-17(28-4)8-6-15/h5-8,16H,9-14H2,1-4H3,(H,22,27)(H,23,25). The van der Waals surface area contributed by atoms with Crippen LogP contribution in [0.5, 0.6) is 5.75 Å². The molecule has 0 aromatic heterocycles. The number of methoxy groups -OCH3 is 1. The SMILES string of the molecule is COc1ccc(CC(=O)NC2CCN(C(=O)CNC(=O)OC(C)(C)C)CC2)cc1. The van der Waals surface area contributed by atoms with E-state index in [1.165, 1.54) is 0 Å². The molecule has 1 aliphatic rings. The maximum atomic E-state index is 12.3. The smallest absolute Gasteiger partial charge is 0.408 e. The molecule has 1 aromatic carbocycles. The molecule has 2 N–H and O–H groups in total. The third-order valence-electron chi connectivity index (χ3n) is 4.52. The first-order valence-electron chi connectivity index (χ1n) is 9.83. The summed E-state index contributed by atoms with van der Waals surface area (Å²) in [5.74, 6) is 0.567. The van der Waals surface area contributed by atoms with Crippen molar-refractivity contribution in [1.82, 2.24) is 15.5 Å². The van der Waals surface area contributed by atoms with Crippen LogP contribution >= 0.6 is 0 Å². The fourth-order valence-electron chi connectivity index (χ4n) is 3.05. The second-order valence-electron chi connectivity index (χ2n) is 8.10. The summed E-state index contributed by atoms with van der Waals surface area (Å²) < 4.78 is 10.2. The average Bonchev–Trinajstić information content (AvgIpc) is 2.66. The van der Waals surface area contributed by atoms with E-state index < -0.39 is 11.7 Å².